The number of thiophene rings is 1. The van der Waals surface area contributed by atoms with Crippen molar-refractivity contribution >= 4 is 17.2 Å². The van der Waals surface area contributed by atoms with Gasteiger partial charge in [-0.3, -0.25) is 9.78 Å². The summed E-state index contributed by atoms with van der Waals surface area (Å²) in [6.45, 7) is 3.88. The van der Waals surface area contributed by atoms with Gasteiger partial charge < -0.3 is 5.32 Å². The van der Waals surface area contributed by atoms with Crippen LogP contribution in [-0.4, -0.2) is 20.9 Å². The van der Waals surface area contributed by atoms with Crippen LogP contribution in [0.4, 0.5) is 0 Å². The van der Waals surface area contributed by atoms with Crippen LogP contribution in [0.2, 0.25) is 0 Å². The molecule has 6 heteroatoms. The second-order valence-electron chi connectivity index (χ2n) is 5.52. The van der Waals surface area contributed by atoms with Gasteiger partial charge in [0.1, 0.15) is 0 Å². The summed E-state index contributed by atoms with van der Waals surface area (Å²) in [6, 6.07) is 7.53. The first-order valence-corrected chi connectivity index (χ1v) is 8.57. The number of pyridine rings is 1. The van der Waals surface area contributed by atoms with Crippen LogP contribution < -0.4 is 5.32 Å². The highest BCUT2D eigenvalue weighted by Gasteiger charge is 2.15. The number of nitrogens with one attached hydrogen (secondary N) is 1. The van der Waals surface area contributed by atoms with E-state index >= 15 is 0 Å². The van der Waals surface area contributed by atoms with Crippen molar-refractivity contribution in [1.29, 1.82) is 0 Å². The number of nitrogens with zero attached hydrogens (tertiary/aromatic N) is 3. The molecular formula is C18H18N4OS. The number of aryl methyl sites for hydroxylation is 1. The average molecular weight is 338 g/mol. The molecule has 0 aliphatic heterocycles. The number of carbonyl (C=O) groups excluding carboxylic acids is 1. The maximum Gasteiger partial charge on any atom is 0.225 e. The van der Waals surface area contributed by atoms with Crippen LogP contribution in [0.15, 0.2) is 48.2 Å². The van der Waals surface area contributed by atoms with Crippen LogP contribution in [-0.2, 0) is 11.2 Å². The fourth-order valence-corrected chi connectivity index (χ4v) is 3.19. The Bertz CT molecular complexity index is 818. The van der Waals surface area contributed by atoms with Crippen LogP contribution in [0.5, 0.6) is 0 Å². The molecule has 24 heavy (non-hydrogen) atoms. The number of amides is 1. The molecule has 0 saturated carbocycles. The van der Waals surface area contributed by atoms with Gasteiger partial charge in [0.25, 0.3) is 0 Å². The Morgan fingerprint density at radius 1 is 1.29 bits per heavy atom. The molecule has 3 aromatic heterocycles. The van der Waals surface area contributed by atoms with E-state index in [2.05, 4.69) is 20.3 Å². The number of hydrogen-bond acceptors (Lipinski definition) is 5. The number of rotatable bonds is 5. The molecule has 122 valence electrons. The van der Waals surface area contributed by atoms with Crippen molar-refractivity contribution in [2.75, 3.05) is 0 Å². The normalized spacial score (nSPS) is 11.9. The highest BCUT2D eigenvalue weighted by molar-refractivity contribution is 7.10. The highest BCUT2D eigenvalue weighted by Crippen LogP contribution is 2.19. The Morgan fingerprint density at radius 3 is 2.75 bits per heavy atom. The van der Waals surface area contributed by atoms with Crippen molar-refractivity contribution in [2.24, 2.45) is 0 Å². The lowest BCUT2D eigenvalue weighted by molar-refractivity contribution is -0.121. The monoisotopic (exact) mass is 338 g/mol. The zero-order valence-electron chi connectivity index (χ0n) is 13.6. The summed E-state index contributed by atoms with van der Waals surface area (Å²) in [5.41, 5.74) is 2.71. The van der Waals surface area contributed by atoms with Crippen LogP contribution >= 0.6 is 11.3 Å². The van der Waals surface area contributed by atoms with Crippen molar-refractivity contribution in [3.8, 4) is 11.4 Å². The maximum absolute atomic E-state index is 12.1. The molecule has 3 heterocycles. The van der Waals surface area contributed by atoms with Gasteiger partial charge in [-0.2, -0.15) is 0 Å². The van der Waals surface area contributed by atoms with Gasteiger partial charge in [-0.25, -0.2) is 9.97 Å². The predicted molar refractivity (Wildman–Crippen MR) is 94.6 cm³/mol. The summed E-state index contributed by atoms with van der Waals surface area (Å²) < 4.78 is 0. The van der Waals surface area contributed by atoms with Crippen LogP contribution in [0.3, 0.4) is 0 Å². The molecule has 0 saturated heterocycles. The molecule has 1 atom stereocenters. The van der Waals surface area contributed by atoms with Gasteiger partial charge in [0.2, 0.25) is 5.91 Å². The van der Waals surface area contributed by atoms with E-state index < -0.39 is 0 Å². The first-order valence-electron chi connectivity index (χ1n) is 7.69. The van der Waals surface area contributed by atoms with Gasteiger partial charge in [-0.1, -0.05) is 6.07 Å². The summed E-state index contributed by atoms with van der Waals surface area (Å²) in [5.74, 6) is 0.665. The Kier molecular flexibility index (Phi) is 4.96. The number of carbonyl (C=O) groups is 1. The third kappa shape index (κ3) is 3.83. The average Bonchev–Trinajstić information content (AvgIpc) is 3.08. The van der Waals surface area contributed by atoms with E-state index in [1.54, 1.807) is 29.9 Å². The second kappa shape index (κ2) is 7.31. The Morgan fingerprint density at radius 2 is 2.08 bits per heavy atom. The quantitative estimate of drug-likeness (QED) is 0.775. The lowest BCUT2D eigenvalue weighted by Gasteiger charge is -2.16. The van der Waals surface area contributed by atoms with Crippen LogP contribution in [0, 0.1) is 6.92 Å². The van der Waals surface area contributed by atoms with Gasteiger partial charge in [0.15, 0.2) is 5.82 Å². The summed E-state index contributed by atoms with van der Waals surface area (Å²) >= 11 is 1.59. The minimum absolute atomic E-state index is 0.00237. The van der Waals surface area contributed by atoms with Gasteiger partial charge in [0, 0.05) is 40.3 Å². The third-order valence-corrected chi connectivity index (χ3v) is 4.59. The Balaban J connectivity index is 1.71. The van der Waals surface area contributed by atoms with E-state index in [0.717, 1.165) is 21.7 Å². The zero-order valence-corrected chi connectivity index (χ0v) is 14.4. The largest absolute Gasteiger partial charge is 0.349 e. The molecule has 5 nitrogen and oxygen atoms in total. The summed E-state index contributed by atoms with van der Waals surface area (Å²) in [4.78, 5) is 26.2. The maximum atomic E-state index is 12.1. The smallest absolute Gasteiger partial charge is 0.225 e. The van der Waals surface area contributed by atoms with E-state index in [-0.39, 0.29) is 11.9 Å². The first-order chi connectivity index (χ1) is 11.6. The van der Waals surface area contributed by atoms with Crippen LogP contribution in [0.25, 0.3) is 11.4 Å². The molecule has 1 unspecified atom stereocenters. The van der Waals surface area contributed by atoms with Gasteiger partial charge in [-0.15, -0.1) is 11.3 Å². The van der Waals surface area contributed by atoms with Gasteiger partial charge >= 0.3 is 0 Å². The summed E-state index contributed by atoms with van der Waals surface area (Å²) in [7, 11) is 0. The fraction of sp³-hybridized carbons (Fsp3) is 0.222. The molecule has 0 spiro atoms. The standard InChI is InChI=1S/C18H18N4OS/c1-12(21-17(23)10-15-4-3-9-24-15)16-11-20-18(22-13(16)2)14-5-7-19-8-6-14/h3-9,11-12H,10H2,1-2H3,(H,21,23). The highest BCUT2D eigenvalue weighted by atomic mass is 32.1. The SMILES string of the molecule is Cc1nc(-c2ccncc2)ncc1C(C)NC(=O)Cc1cccs1. The van der Waals surface area contributed by atoms with E-state index in [1.807, 2.05) is 43.5 Å². The van der Waals surface area contributed by atoms with Crippen molar-refractivity contribution < 1.29 is 4.79 Å². The topological polar surface area (TPSA) is 67.8 Å². The minimum atomic E-state index is -0.135. The molecule has 0 bridgehead atoms. The summed E-state index contributed by atoms with van der Waals surface area (Å²) in [6.07, 6.45) is 5.62. The molecule has 0 aliphatic carbocycles. The third-order valence-electron chi connectivity index (χ3n) is 3.71. The molecule has 3 aromatic rings. The van der Waals surface area contributed by atoms with Gasteiger partial charge in [0.05, 0.1) is 12.5 Å². The van der Waals surface area contributed by atoms with Crippen LogP contribution in [0.1, 0.15) is 29.1 Å². The van der Waals surface area contributed by atoms with E-state index in [0.29, 0.717) is 12.2 Å². The minimum Gasteiger partial charge on any atom is -0.349 e. The molecule has 1 amide bonds. The lowest BCUT2D eigenvalue weighted by atomic mass is 10.1. The van der Waals surface area contributed by atoms with Crippen molar-refractivity contribution in [3.63, 3.8) is 0 Å². The summed E-state index contributed by atoms with van der Waals surface area (Å²) in [5, 5.41) is 4.99. The van der Waals surface area contributed by atoms with Crippen molar-refractivity contribution in [3.05, 3.63) is 64.4 Å². The molecule has 0 radical (unpaired) electrons. The van der Waals surface area contributed by atoms with Crippen molar-refractivity contribution in [1.82, 2.24) is 20.3 Å². The zero-order chi connectivity index (χ0) is 16.9. The molecule has 1 N–H and O–H groups in total. The molecule has 0 aliphatic rings. The number of aromatic nitrogens is 3. The molecule has 0 aromatic carbocycles. The Hall–Kier alpha value is -2.60. The first kappa shape index (κ1) is 16.3. The molecule has 3 rings (SSSR count). The molecule has 0 fully saturated rings. The van der Waals surface area contributed by atoms with Gasteiger partial charge in [-0.05, 0) is 37.4 Å². The van der Waals surface area contributed by atoms with Crippen molar-refractivity contribution in [2.45, 2.75) is 26.3 Å². The van der Waals surface area contributed by atoms with E-state index in [4.69, 9.17) is 0 Å². The lowest BCUT2D eigenvalue weighted by Crippen LogP contribution is -2.28. The van der Waals surface area contributed by atoms with E-state index in [1.165, 1.54) is 0 Å². The van der Waals surface area contributed by atoms with E-state index in [9.17, 15) is 4.79 Å². The fourth-order valence-electron chi connectivity index (χ4n) is 2.48. The Labute approximate surface area is 144 Å². The molecular weight excluding hydrogens is 320 g/mol. The predicted octanol–water partition coefficient (Wildman–Crippen LogP) is 3.33. The number of hydrogen-bond donors (Lipinski definition) is 1. The second-order valence-corrected chi connectivity index (χ2v) is 6.55.